The smallest absolute Gasteiger partial charge is 0.339 e. The summed E-state index contributed by atoms with van der Waals surface area (Å²) in [5.41, 5.74) is 5.71. The van der Waals surface area contributed by atoms with Crippen molar-refractivity contribution in [3.8, 4) is 5.75 Å². The number of carboxylic acids is 1. The zero-order valence-electron chi connectivity index (χ0n) is 13.4. The van der Waals surface area contributed by atoms with E-state index in [0.717, 1.165) is 0 Å². The summed E-state index contributed by atoms with van der Waals surface area (Å²) >= 11 is 0. The van der Waals surface area contributed by atoms with Gasteiger partial charge in [-0.25, -0.2) is 4.79 Å². The lowest BCUT2D eigenvalue weighted by Gasteiger charge is -2.21. The standard InChI is InChI=1S/C16H23NO5/c1-5-21-11-7-6-10(8-13(17)14(18)19)12(9-11)15(20)22-16(2,3)4/h6-7,9,13H,5,8,17H2,1-4H3,(H,18,19). The average Bonchev–Trinajstić information content (AvgIpc) is 2.38. The minimum atomic E-state index is -1.12. The summed E-state index contributed by atoms with van der Waals surface area (Å²) in [6.07, 6.45) is 0.0380. The fourth-order valence-electron chi connectivity index (χ4n) is 1.84. The molecule has 6 heteroatoms. The number of rotatable bonds is 6. The van der Waals surface area contributed by atoms with Gasteiger partial charge in [-0.05, 0) is 51.8 Å². The van der Waals surface area contributed by atoms with Crippen LogP contribution in [0.15, 0.2) is 18.2 Å². The number of carbonyl (C=O) groups is 2. The Morgan fingerprint density at radius 3 is 2.45 bits per heavy atom. The maximum atomic E-state index is 12.3. The highest BCUT2D eigenvalue weighted by Crippen LogP contribution is 2.22. The Kier molecular flexibility index (Phi) is 5.93. The van der Waals surface area contributed by atoms with Gasteiger partial charge in [0.05, 0.1) is 12.2 Å². The molecule has 3 N–H and O–H groups in total. The molecular weight excluding hydrogens is 286 g/mol. The number of esters is 1. The molecule has 0 saturated carbocycles. The van der Waals surface area contributed by atoms with E-state index in [1.54, 1.807) is 39.0 Å². The number of nitrogens with two attached hydrogens (primary N) is 1. The van der Waals surface area contributed by atoms with Crippen LogP contribution in [0.5, 0.6) is 5.75 Å². The molecular formula is C16H23NO5. The van der Waals surface area contributed by atoms with Crippen LogP contribution in [-0.4, -0.2) is 35.3 Å². The first kappa shape index (κ1) is 18.0. The molecule has 0 aliphatic rings. The zero-order chi connectivity index (χ0) is 16.9. The third kappa shape index (κ3) is 5.37. The van der Waals surface area contributed by atoms with Crippen molar-refractivity contribution >= 4 is 11.9 Å². The molecule has 0 saturated heterocycles. The van der Waals surface area contributed by atoms with Crippen molar-refractivity contribution in [3.05, 3.63) is 29.3 Å². The molecule has 122 valence electrons. The van der Waals surface area contributed by atoms with Gasteiger partial charge in [0.15, 0.2) is 0 Å². The van der Waals surface area contributed by atoms with Crippen LogP contribution in [0.1, 0.15) is 43.6 Å². The Morgan fingerprint density at radius 1 is 1.32 bits per heavy atom. The lowest BCUT2D eigenvalue weighted by molar-refractivity contribution is -0.138. The van der Waals surface area contributed by atoms with E-state index in [1.165, 1.54) is 0 Å². The third-order valence-corrected chi connectivity index (χ3v) is 2.77. The number of hydrogen-bond acceptors (Lipinski definition) is 5. The van der Waals surface area contributed by atoms with Crippen LogP contribution in [0.4, 0.5) is 0 Å². The molecule has 6 nitrogen and oxygen atoms in total. The highest BCUT2D eigenvalue weighted by atomic mass is 16.6. The van der Waals surface area contributed by atoms with Crippen LogP contribution < -0.4 is 10.5 Å². The monoisotopic (exact) mass is 309 g/mol. The average molecular weight is 309 g/mol. The Labute approximate surface area is 130 Å². The van der Waals surface area contributed by atoms with Gasteiger partial charge in [0.2, 0.25) is 0 Å². The number of aliphatic carboxylic acids is 1. The maximum Gasteiger partial charge on any atom is 0.339 e. The molecule has 0 spiro atoms. The summed E-state index contributed by atoms with van der Waals surface area (Å²) in [7, 11) is 0. The van der Waals surface area contributed by atoms with Crippen molar-refractivity contribution in [3.63, 3.8) is 0 Å². The van der Waals surface area contributed by atoms with Gasteiger partial charge in [-0.3, -0.25) is 4.79 Å². The second kappa shape index (κ2) is 7.26. The summed E-state index contributed by atoms with van der Waals surface area (Å²) < 4.78 is 10.7. The fourth-order valence-corrected chi connectivity index (χ4v) is 1.84. The predicted octanol–water partition coefficient (Wildman–Crippen LogP) is 1.99. The molecule has 1 aromatic rings. The van der Waals surface area contributed by atoms with Crippen LogP contribution >= 0.6 is 0 Å². The fraction of sp³-hybridized carbons (Fsp3) is 0.500. The molecule has 1 rings (SSSR count). The highest BCUT2D eigenvalue weighted by Gasteiger charge is 2.23. The van der Waals surface area contributed by atoms with Crippen LogP contribution in [-0.2, 0) is 16.0 Å². The van der Waals surface area contributed by atoms with Crippen LogP contribution in [0, 0.1) is 0 Å². The van der Waals surface area contributed by atoms with E-state index in [4.69, 9.17) is 20.3 Å². The van der Waals surface area contributed by atoms with Crippen LogP contribution in [0.2, 0.25) is 0 Å². The summed E-state index contributed by atoms with van der Waals surface area (Å²) in [6, 6.07) is 3.80. The Morgan fingerprint density at radius 2 is 1.95 bits per heavy atom. The number of carbonyl (C=O) groups excluding carboxylic acids is 1. The van der Waals surface area contributed by atoms with Gasteiger partial charge in [0.1, 0.15) is 17.4 Å². The lowest BCUT2D eigenvalue weighted by atomic mass is 10.00. The molecule has 0 aromatic heterocycles. The maximum absolute atomic E-state index is 12.3. The molecule has 22 heavy (non-hydrogen) atoms. The van der Waals surface area contributed by atoms with Crippen molar-refractivity contribution in [2.45, 2.75) is 45.8 Å². The second-order valence-corrected chi connectivity index (χ2v) is 5.90. The molecule has 1 aromatic carbocycles. The van der Waals surface area contributed by atoms with Gasteiger partial charge < -0.3 is 20.3 Å². The van der Waals surface area contributed by atoms with E-state index in [0.29, 0.717) is 17.9 Å². The van der Waals surface area contributed by atoms with E-state index < -0.39 is 23.6 Å². The highest BCUT2D eigenvalue weighted by molar-refractivity contribution is 5.92. The van der Waals surface area contributed by atoms with E-state index in [-0.39, 0.29) is 12.0 Å². The topological polar surface area (TPSA) is 98.9 Å². The first-order chi connectivity index (χ1) is 10.1. The van der Waals surface area contributed by atoms with Gasteiger partial charge in [0.25, 0.3) is 0 Å². The SMILES string of the molecule is CCOc1ccc(CC(N)C(=O)O)c(C(=O)OC(C)(C)C)c1. The van der Waals surface area contributed by atoms with Crippen LogP contribution in [0.25, 0.3) is 0 Å². The van der Waals surface area contributed by atoms with E-state index in [1.807, 2.05) is 6.92 Å². The normalized spacial score (nSPS) is 12.6. The van der Waals surface area contributed by atoms with Crippen molar-refractivity contribution in [1.82, 2.24) is 0 Å². The molecule has 0 amide bonds. The Hall–Kier alpha value is -2.08. The van der Waals surface area contributed by atoms with Gasteiger partial charge in [0, 0.05) is 0 Å². The number of hydrogen-bond donors (Lipinski definition) is 2. The van der Waals surface area contributed by atoms with Crippen molar-refractivity contribution in [2.75, 3.05) is 6.61 Å². The summed E-state index contributed by atoms with van der Waals surface area (Å²) in [6.45, 7) is 7.59. The van der Waals surface area contributed by atoms with Crippen molar-refractivity contribution in [1.29, 1.82) is 0 Å². The second-order valence-electron chi connectivity index (χ2n) is 5.90. The van der Waals surface area contributed by atoms with E-state index in [2.05, 4.69) is 0 Å². The minimum absolute atomic E-state index is 0.0380. The first-order valence-corrected chi connectivity index (χ1v) is 7.11. The van der Waals surface area contributed by atoms with Gasteiger partial charge in [-0.15, -0.1) is 0 Å². The molecule has 0 heterocycles. The molecule has 1 atom stereocenters. The summed E-state index contributed by atoms with van der Waals surface area (Å²) in [4.78, 5) is 23.2. The van der Waals surface area contributed by atoms with E-state index in [9.17, 15) is 9.59 Å². The quantitative estimate of drug-likeness (QED) is 0.780. The molecule has 0 bridgehead atoms. The summed E-state index contributed by atoms with van der Waals surface area (Å²) in [5.74, 6) is -1.12. The van der Waals surface area contributed by atoms with E-state index >= 15 is 0 Å². The zero-order valence-corrected chi connectivity index (χ0v) is 13.4. The van der Waals surface area contributed by atoms with Gasteiger partial charge >= 0.3 is 11.9 Å². The predicted molar refractivity (Wildman–Crippen MR) is 82.1 cm³/mol. The molecule has 0 radical (unpaired) electrons. The number of benzene rings is 1. The minimum Gasteiger partial charge on any atom is -0.494 e. The molecule has 0 aliphatic heterocycles. The number of carboxylic acid groups (broad SMARTS) is 1. The first-order valence-electron chi connectivity index (χ1n) is 7.11. The Bertz CT molecular complexity index is 548. The number of ether oxygens (including phenoxy) is 2. The van der Waals surface area contributed by atoms with Gasteiger partial charge in [-0.2, -0.15) is 0 Å². The van der Waals surface area contributed by atoms with Crippen LogP contribution in [0.3, 0.4) is 0 Å². The largest absolute Gasteiger partial charge is 0.494 e. The van der Waals surface area contributed by atoms with Gasteiger partial charge in [-0.1, -0.05) is 6.07 Å². The van der Waals surface area contributed by atoms with Crippen molar-refractivity contribution in [2.24, 2.45) is 5.73 Å². The molecule has 0 fully saturated rings. The summed E-state index contributed by atoms with van der Waals surface area (Å²) in [5, 5.41) is 8.93. The molecule has 0 aliphatic carbocycles. The molecule has 1 unspecified atom stereocenters. The Balaban J connectivity index is 3.14. The third-order valence-electron chi connectivity index (χ3n) is 2.77. The lowest BCUT2D eigenvalue weighted by Crippen LogP contribution is -2.33. The van der Waals surface area contributed by atoms with Crippen molar-refractivity contribution < 1.29 is 24.2 Å².